The lowest BCUT2D eigenvalue weighted by molar-refractivity contribution is -0.176. The molecule has 0 spiro atoms. The zero-order valence-electron chi connectivity index (χ0n) is 8.07. The van der Waals surface area contributed by atoms with Gasteiger partial charge < -0.3 is 9.84 Å². The fourth-order valence-corrected chi connectivity index (χ4v) is 1.94. The minimum absolute atomic E-state index is 0.00856. The molecule has 1 aromatic rings. The van der Waals surface area contributed by atoms with Crippen LogP contribution >= 0.6 is 11.6 Å². The highest BCUT2D eigenvalue weighted by molar-refractivity contribution is 6.30. The summed E-state index contributed by atoms with van der Waals surface area (Å²) in [6.45, 7) is 0.621. The Labute approximate surface area is 92.6 Å². The van der Waals surface area contributed by atoms with E-state index in [0.29, 0.717) is 11.6 Å². The normalized spacial score (nSPS) is 24.6. The van der Waals surface area contributed by atoms with Gasteiger partial charge in [0.2, 0.25) is 0 Å². The molecule has 2 rings (SSSR count). The van der Waals surface area contributed by atoms with Gasteiger partial charge in [-0.1, -0.05) is 23.7 Å². The molecule has 15 heavy (non-hydrogen) atoms. The van der Waals surface area contributed by atoms with Crippen LogP contribution in [-0.2, 0) is 15.1 Å². The van der Waals surface area contributed by atoms with Crippen LogP contribution in [0, 0.1) is 0 Å². The van der Waals surface area contributed by atoms with E-state index < -0.39 is 11.6 Å². The molecule has 0 radical (unpaired) electrons. The second-order valence-electron chi connectivity index (χ2n) is 3.67. The smallest absolute Gasteiger partial charge is 0.306 e. The SMILES string of the molecule is O=C(O)CC1(c2ccc(Cl)cc2)CCO1. The van der Waals surface area contributed by atoms with Gasteiger partial charge in [0, 0.05) is 11.4 Å². The molecule has 1 unspecified atom stereocenters. The van der Waals surface area contributed by atoms with Crippen molar-refractivity contribution in [1.29, 1.82) is 0 Å². The lowest BCUT2D eigenvalue weighted by atomic mass is 9.83. The highest BCUT2D eigenvalue weighted by Crippen LogP contribution is 2.40. The number of benzene rings is 1. The fraction of sp³-hybridized carbons (Fsp3) is 0.364. The molecule has 0 amide bonds. The van der Waals surface area contributed by atoms with E-state index in [1.165, 1.54) is 0 Å². The molecule has 1 fully saturated rings. The Hall–Kier alpha value is -1.06. The van der Waals surface area contributed by atoms with Crippen LogP contribution in [0.15, 0.2) is 24.3 Å². The number of hydrogen-bond acceptors (Lipinski definition) is 2. The van der Waals surface area contributed by atoms with Crippen LogP contribution in [0.25, 0.3) is 0 Å². The predicted octanol–water partition coefficient (Wildman–Crippen LogP) is 2.43. The summed E-state index contributed by atoms with van der Waals surface area (Å²) in [5.41, 5.74) is 0.261. The summed E-state index contributed by atoms with van der Waals surface area (Å²) >= 11 is 5.77. The lowest BCUT2D eigenvalue weighted by Crippen LogP contribution is -2.42. The summed E-state index contributed by atoms with van der Waals surface area (Å²) in [4.78, 5) is 10.7. The Morgan fingerprint density at radius 1 is 1.47 bits per heavy atom. The summed E-state index contributed by atoms with van der Waals surface area (Å²) in [7, 11) is 0. The average Bonchev–Trinajstić information content (AvgIpc) is 2.13. The number of rotatable bonds is 3. The predicted molar refractivity (Wildman–Crippen MR) is 56.0 cm³/mol. The maximum Gasteiger partial charge on any atom is 0.306 e. The summed E-state index contributed by atoms with van der Waals surface area (Å²) in [6, 6.07) is 7.15. The average molecular weight is 227 g/mol. The van der Waals surface area contributed by atoms with Gasteiger partial charge in [-0.15, -0.1) is 0 Å². The third kappa shape index (κ3) is 1.98. The third-order valence-electron chi connectivity index (χ3n) is 2.69. The van der Waals surface area contributed by atoms with Crippen molar-refractivity contribution >= 4 is 17.6 Å². The third-order valence-corrected chi connectivity index (χ3v) is 2.94. The summed E-state index contributed by atoms with van der Waals surface area (Å²) < 4.78 is 5.43. The molecule has 1 aliphatic heterocycles. The standard InChI is InChI=1S/C11H11ClO3/c12-9-3-1-8(2-4-9)11(5-6-15-11)7-10(13)14/h1-4H,5-7H2,(H,13,14). The molecule has 3 nitrogen and oxygen atoms in total. The zero-order valence-corrected chi connectivity index (χ0v) is 8.83. The molecule has 0 aromatic heterocycles. The summed E-state index contributed by atoms with van der Waals surface area (Å²) in [5.74, 6) is -0.843. The number of halogens is 1. The molecule has 1 N–H and O–H groups in total. The molecule has 1 atom stereocenters. The molecule has 4 heteroatoms. The number of ether oxygens (including phenoxy) is 1. The molecule has 1 heterocycles. The molecular weight excluding hydrogens is 216 g/mol. The molecular formula is C11H11ClO3. The van der Waals surface area contributed by atoms with Gasteiger partial charge in [-0.25, -0.2) is 0 Å². The van der Waals surface area contributed by atoms with E-state index in [1.54, 1.807) is 12.1 Å². The van der Waals surface area contributed by atoms with Crippen molar-refractivity contribution in [3.05, 3.63) is 34.9 Å². The maximum atomic E-state index is 10.7. The molecule has 0 bridgehead atoms. The van der Waals surface area contributed by atoms with Crippen LogP contribution in [0.1, 0.15) is 18.4 Å². The molecule has 0 saturated carbocycles. The Morgan fingerprint density at radius 2 is 2.07 bits per heavy atom. The zero-order chi connectivity index (χ0) is 10.9. The Kier molecular flexibility index (Phi) is 2.67. The van der Waals surface area contributed by atoms with E-state index in [4.69, 9.17) is 21.4 Å². The van der Waals surface area contributed by atoms with Gasteiger partial charge >= 0.3 is 5.97 Å². The van der Waals surface area contributed by atoms with E-state index in [2.05, 4.69) is 0 Å². The van der Waals surface area contributed by atoms with E-state index in [1.807, 2.05) is 12.1 Å². The second-order valence-corrected chi connectivity index (χ2v) is 4.11. The van der Waals surface area contributed by atoms with Crippen LogP contribution in [0.4, 0.5) is 0 Å². The van der Waals surface area contributed by atoms with Crippen molar-refractivity contribution < 1.29 is 14.6 Å². The second kappa shape index (κ2) is 3.83. The Morgan fingerprint density at radius 3 is 2.47 bits per heavy atom. The minimum Gasteiger partial charge on any atom is -0.481 e. The van der Waals surface area contributed by atoms with Crippen LogP contribution < -0.4 is 0 Å². The summed E-state index contributed by atoms with van der Waals surface area (Å²) in [5, 5.41) is 9.47. The van der Waals surface area contributed by atoms with Crippen molar-refractivity contribution in [1.82, 2.24) is 0 Å². The van der Waals surface area contributed by atoms with Crippen molar-refractivity contribution in [3.8, 4) is 0 Å². The highest BCUT2D eigenvalue weighted by atomic mass is 35.5. The molecule has 1 aromatic carbocycles. The van der Waals surface area contributed by atoms with Gasteiger partial charge in [0.25, 0.3) is 0 Å². The highest BCUT2D eigenvalue weighted by Gasteiger charge is 2.42. The molecule has 1 aliphatic rings. The number of aliphatic carboxylic acids is 1. The van der Waals surface area contributed by atoms with Gasteiger partial charge in [0.05, 0.1) is 13.0 Å². The lowest BCUT2D eigenvalue weighted by Gasteiger charge is -2.41. The van der Waals surface area contributed by atoms with Crippen molar-refractivity contribution in [3.63, 3.8) is 0 Å². The van der Waals surface area contributed by atoms with Crippen LogP contribution in [-0.4, -0.2) is 17.7 Å². The van der Waals surface area contributed by atoms with Crippen LogP contribution in [0.2, 0.25) is 5.02 Å². The number of hydrogen-bond donors (Lipinski definition) is 1. The van der Waals surface area contributed by atoms with E-state index in [9.17, 15) is 4.79 Å². The molecule has 0 aliphatic carbocycles. The van der Waals surface area contributed by atoms with E-state index >= 15 is 0 Å². The quantitative estimate of drug-likeness (QED) is 0.861. The number of carboxylic acid groups (broad SMARTS) is 1. The van der Waals surface area contributed by atoms with Gasteiger partial charge in [-0.2, -0.15) is 0 Å². The molecule has 1 saturated heterocycles. The van der Waals surface area contributed by atoms with E-state index in [-0.39, 0.29) is 6.42 Å². The van der Waals surface area contributed by atoms with E-state index in [0.717, 1.165) is 12.0 Å². The van der Waals surface area contributed by atoms with Crippen LogP contribution in [0.5, 0.6) is 0 Å². The van der Waals surface area contributed by atoms with Crippen molar-refractivity contribution in [2.24, 2.45) is 0 Å². The Bertz CT molecular complexity index is 368. The maximum absolute atomic E-state index is 10.7. The fourth-order valence-electron chi connectivity index (χ4n) is 1.82. The van der Waals surface area contributed by atoms with Gasteiger partial charge in [-0.05, 0) is 17.7 Å². The number of carboxylic acids is 1. The number of carbonyl (C=O) groups is 1. The first-order chi connectivity index (χ1) is 7.12. The first-order valence-electron chi connectivity index (χ1n) is 4.74. The van der Waals surface area contributed by atoms with Crippen molar-refractivity contribution in [2.45, 2.75) is 18.4 Å². The first-order valence-corrected chi connectivity index (χ1v) is 5.12. The van der Waals surface area contributed by atoms with Crippen LogP contribution in [0.3, 0.4) is 0 Å². The largest absolute Gasteiger partial charge is 0.481 e. The summed E-state index contributed by atoms with van der Waals surface area (Å²) in [6.07, 6.45) is 0.759. The first kappa shape index (κ1) is 10.5. The van der Waals surface area contributed by atoms with Gasteiger partial charge in [0.15, 0.2) is 0 Å². The Balaban J connectivity index is 2.26. The van der Waals surface area contributed by atoms with Gasteiger partial charge in [-0.3, -0.25) is 4.79 Å². The topological polar surface area (TPSA) is 46.5 Å². The molecule has 80 valence electrons. The van der Waals surface area contributed by atoms with Gasteiger partial charge in [0.1, 0.15) is 5.60 Å². The minimum atomic E-state index is -0.843. The monoisotopic (exact) mass is 226 g/mol. The van der Waals surface area contributed by atoms with Crippen molar-refractivity contribution in [2.75, 3.05) is 6.61 Å².